The Morgan fingerprint density at radius 3 is 2.48 bits per heavy atom. The molecule has 0 saturated heterocycles. The number of hydrogen-bond donors (Lipinski definition) is 1. The van der Waals surface area contributed by atoms with Crippen molar-refractivity contribution in [1.82, 2.24) is 4.98 Å². The zero-order valence-corrected chi connectivity index (χ0v) is 14.6. The molecule has 25 heavy (non-hydrogen) atoms. The molecule has 0 radical (unpaired) electrons. The molecule has 0 bridgehead atoms. The molecule has 0 aliphatic carbocycles. The molecule has 3 aromatic rings. The number of carbonyl (C=O) groups excluding carboxylic acids is 1. The molecule has 0 saturated carbocycles. The highest BCUT2D eigenvalue weighted by molar-refractivity contribution is 6.35. The topological polar surface area (TPSA) is 51.2 Å². The van der Waals surface area contributed by atoms with Gasteiger partial charge in [-0.05, 0) is 36.4 Å². The van der Waals surface area contributed by atoms with Gasteiger partial charge in [0.05, 0.1) is 17.4 Å². The number of rotatable bonds is 5. The van der Waals surface area contributed by atoms with Crippen molar-refractivity contribution in [2.24, 2.45) is 0 Å². The van der Waals surface area contributed by atoms with Crippen molar-refractivity contribution in [2.45, 2.75) is 6.61 Å². The highest BCUT2D eigenvalue weighted by Crippen LogP contribution is 2.27. The van der Waals surface area contributed by atoms with E-state index in [2.05, 4.69) is 10.3 Å². The molecule has 0 atom stereocenters. The zero-order valence-electron chi connectivity index (χ0n) is 13.1. The van der Waals surface area contributed by atoms with Gasteiger partial charge in [0.2, 0.25) is 0 Å². The summed E-state index contributed by atoms with van der Waals surface area (Å²) in [6, 6.07) is 15.7. The van der Waals surface area contributed by atoms with Crippen molar-refractivity contribution >= 4 is 34.8 Å². The van der Waals surface area contributed by atoms with Gasteiger partial charge in [0, 0.05) is 21.8 Å². The molecule has 1 N–H and O–H groups in total. The van der Waals surface area contributed by atoms with Crippen LogP contribution in [0.2, 0.25) is 10.0 Å². The van der Waals surface area contributed by atoms with E-state index in [1.54, 1.807) is 67.0 Å². The minimum absolute atomic E-state index is 0.162. The lowest BCUT2D eigenvalue weighted by molar-refractivity contribution is 0.102. The van der Waals surface area contributed by atoms with Crippen LogP contribution in [0.15, 0.2) is 67.0 Å². The largest absolute Gasteiger partial charge is 0.488 e. The van der Waals surface area contributed by atoms with Crippen LogP contribution >= 0.6 is 23.2 Å². The zero-order chi connectivity index (χ0) is 17.6. The molecule has 2 aromatic carbocycles. The Hall–Kier alpha value is -2.56. The number of para-hydroxylation sites is 1. The predicted molar refractivity (Wildman–Crippen MR) is 99.4 cm³/mol. The fraction of sp³-hybridized carbons (Fsp3) is 0.0526. The fourth-order valence-electron chi connectivity index (χ4n) is 2.24. The van der Waals surface area contributed by atoms with Crippen LogP contribution in [-0.2, 0) is 6.61 Å². The predicted octanol–water partition coefficient (Wildman–Crippen LogP) is 5.22. The summed E-state index contributed by atoms with van der Waals surface area (Å²) in [6.45, 7) is 0.162. The quantitative estimate of drug-likeness (QED) is 0.667. The van der Waals surface area contributed by atoms with Crippen LogP contribution in [0, 0.1) is 0 Å². The van der Waals surface area contributed by atoms with Crippen LogP contribution in [-0.4, -0.2) is 10.9 Å². The molecule has 3 rings (SSSR count). The molecule has 0 fully saturated rings. The second-order valence-corrected chi connectivity index (χ2v) is 6.00. The van der Waals surface area contributed by atoms with Crippen LogP contribution in [0.5, 0.6) is 5.75 Å². The Kier molecular flexibility index (Phi) is 5.53. The molecular weight excluding hydrogens is 359 g/mol. The van der Waals surface area contributed by atoms with Crippen LogP contribution in [0.3, 0.4) is 0 Å². The van der Waals surface area contributed by atoms with Crippen LogP contribution in [0.25, 0.3) is 0 Å². The summed E-state index contributed by atoms with van der Waals surface area (Å²) >= 11 is 12.3. The Bertz CT molecular complexity index is 865. The lowest BCUT2D eigenvalue weighted by Crippen LogP contribution is -2.13. The molecule has 0 aliphatic rings. The first-order valence-electron chi connectivity index (χ1n) is 7.51. The number of carbonyl (C=O) groups is 1. The Balaban J connectivity index is 1.78. The average Bonchev–Trinajstić information content (AvgIpc) is 2.62. The molecule has 0 spiro atoms. The van der Waals surface area contributed by atoms with E-state index in [0.29, 0.717) is 32.6 Å². The molecular formula is C19H14Cl2N2O2. The van der Waals surface area contributed by atoms with Crippen molar-refractivity contribution in [3.63, 3.8) is 0 Å². The molecule has 0 aliphatic heterocycles. The molecule has 126 valence electrons. The number of nitrogens with zero attached hydrogens (tertiary/aromatic N) is 1. The summed E-state index contributed by atoms with van der Waals surface area (Å²) in [5.74, 6) is 0.161. The summed E-state index contributed by atoms with van der Waals surface area (Å²) in [7, 11) is 0. The van der Waals surface area contributed by atoms with Crippen LogP contribution in [0.1, 0.15) is 15.9 Å². The number of anilines is 1. The third-order valence-corrected chi connectivity index (χ3v) is 4.19. The van der Waals surface area contributed by atoms with Gasteiger partial charge in [-0.25, -0.2) is 0 Å². The number of nitrogens with one attached hydrogen (secondary N) is 1. The highest BCUT2D eigenvalue weighted by Gasteiger charge is 2.14. The Labute approximate surface area is 155 Å². The van der Waals surface area contributed by atoms with Gasteiger partial charge in [-0.1, -0.05) is 41.4 Å². The van der Waals surface area contributed by atoms with Gasteiger partial charge in [-0.2, -0.15) is 0 Å². The standard InChI is InChI=1S/C19H14Cl2N2O2/c20-16-7-3-8-17(21)15(16)12-25-18-9-2-1-6-14(18)19(24)23-13-5-4-10-22-11-13/h1-11H,12H2,(H,23,24). The number of ether oxygens (including phenoxy) is 1. The molecule has 1 aromatic heterocycles. The average molecular weight is 373 g/mol. The third-order valence-electron chi connectivity index (χ3n) is 3.48. The molecule has 6 heteroatoms. The molecule has 1 heterocycles. The second-order valence-electron chi connectivity index (χ2n) is 5.18. The van der Waals surface area contributed by atoms with Gasteiger partial charge in [0.1, 0.15) is 12.4 Å². The van der Waals surface area contributed by atoms with E-state index in [4.69, 9.17) is 27.9 Å². The summed E-state index contributed by atoms with van der Waals surface area (Å²) in [5, 5.41) is 3.82. The van der Waals surface area contributed by atoms with Crippen molar-refractivity contribution in [1.29, 1.82) is 0 Å². The first-order valence-corrected chi connectivity index (χ1v) is 8.27. The smallest absolute Gasteiger partial charge is 0.259 e. The van der Waals surface area contributed by atoms with E-state index in [1.807, 2.05) is 0 Å². The first-order chi connectivity index (χ1) is 12.1. The summed E-state index contributed by atoms with van der Waals surface area (Å²) in [4.78, 5) is 16.5. The summed E-state index contributed by atoms with van der Waals surface area (Å²) in [5.41, 5.74) is 1.69. The number of amides is 1. The number of hydrogen-bond acceptors (Lipinski definition) is 3. The lowest BCUT2D eigenvalue weighted by Gasteiger charge is -2.13. The minimum atomic E-state index is -0.283. The normalized spacial score (nSPS) is 10.3. The molecule has 4 nitrogen and oxygen atoms in total. The fourth-order valence-corrected chi connectivity index (χ4v) is 2.74. The summed E-state index contributed by atoms with van der Waals surface area (Å²) in [6.07, 6.45) is 3.21. The van der Waals surface area contributed by atoms with Crippen molar-refractivity contribution in [2.75, 3.05) is 5.32 Å². The van der Waals surface area contributed by atoms with E-state index in [-0.39, 0.29) is 12.5 Å². The van der Waals surface area contributed by atoms with Gasteiger partial charge >= 0.3 is 0 Å². The lowest BCUT2D eigenvalue weighted by atomic mass is 10.1. The monoisotopic (exact) mass is 372 g/mol. The Morgan fingerprint density at radius 2 is 1.76 bits per heavy atom. The van der Waals surface area contributed by atoms with Gasteiger partial charge < -0.3 is 10.1 Å². The Morgan fingerprint density at radius 1 is 1.00 bits per heavy atom. The maximum Gasteiger partial charge on any atom is 0.259 e. The van der Waals surface area contributed by atoms with Crippen molar-refractivity contribution < 1.29 is 9.53 Å². The van der Waals surface area contributed by atoms with E-state index in [9.17, 15) is 4.79 Å². The number of aromatic nitrogens is 1. The second kappa shape index (κ2) is 8.01. The highest BCUT2D eigenvalue weighted by atomic mass is 35.5. The van der Waals surface area contributed by atoms with Gasteiger partial charge in [-0.3, -0.25) is 9.78 Å². The minimum Gasteiger partial charge on any atom is -0.488 e. The number of halogens is 2. The SMILES string of the molecule is O=C(Nc1cccnc1)c1ccccc1OCc1c(Cl)cccc1Cl. The third kappa shape index (κ3) is 4.29. The van der Waals surface area contributed by atoms with Crippen LogP contribution in [0.4, 0.5) is 5.69 Å². The first kappa shape index (κ1) is 17.3. The van der Waals surface area contributed by atoms with E-state index >= 15 is 0 Å². The maximum atomic E-state index is 12.5. The van der Waals surface area contributed by atoms with Crippen molar-refractivity contribution in [3.05, 3.63) is 88.2 Å². The molecule has 1 amide bonds. The number of pyridine rings is 1. The van der Waals surface area contributed by atoms with Crippen molar-refractivity contribution in [3.8, 4) is 5.75 Å². The van der Waals surface area contributed by atoms with Gasteiger partial charge in [0.25, 0.3) is 5.91 Å². The van der Waals surface area contributed by atoms with Crippen LogP contribution < -0.4 is 10.1 Å². The van der Waals surface area contributed by atoms with Gasteiger partial charge in [0.15, 0.2) is 0 Å². The van der Waals surface area contributed by atoms with E-state index in [1.165, 1.54) is 0 Å². The number of benzene rings is 2. The van der Waals surface area contributed by atoms with Gasteiger partial charge in [-0.15, -0.1) is 0 Å². The summed E-state index contributed by atoms with van der Waals surface area (Å²) < 4.78 is 5.80. The maximum absolute atomic E-state index is 12.5. The van der Waals surface area contributed by atoms with E-state index < -0.39 is 0 Å². The molecule has 0 unspecified atom stereocenters. The van der Waals surface area contributed by atoms with E-state index in [0.717, 1.165) is 0 Å².